The molecular formula is C19H20ClN3O2S2. The van der Waals surface area contributed by atoms with Crippen LogP contribution in [-0.4, -0.2) is 49.5 Å². The first kappa shape index (κ1) is 19.1. The van der Waals surface area contributed by atoms with Gasteiger partial charge < -0.3 is 5.11 Å². The van der Waals surface area contributed by atoms with Crippen LogP contribution in [0.3, 0.4) is 0 Å². The molecule has 4 rings (SSSR count). The van der Waals surface area contributed by atoms with E-state index in [0.717, 1.165) is 48.4 Å². The van der Waals surface area contributed by atoms with Gasteiger partial charge in [0.05, 0.1) is 0 Å². The molecule has 0 aliphatic carbocycles. The van der Waals surface area contributed by atoms with Crippen molar-refractivity contribution in [3.63, 3.8) is 0 Å². The highest BCUT2D eigenvalue weighted by Gasteiger charge is 2.41. The summed E-state index contributed by atoms with van der Waals surface area (Å²) in [5.41, 5.74) is 2.38. The van der Waals surface area contributed by atoms with E-state index in [1.165, 1.54) is 5.56 Å². The Balaban J connectivity index is 1.48. The van der Waals surface area contributed by atoms with Crippen LogP contribution in [0.5, 0.6) is 0 Å². The van der Waals surface area contributed by atoms with Crippen LogP contribution < -0.4 is 0 Å². The summed E-state index contributed by atoms with van der Waals surface area (Å²) >= 11 is 9.38. The first-order valence-electron chi connectivity index (χ1n) is 8.91. The van der Waals surface area contributed by atoms with Gasteiger partial charge in [-0.2, -0.15) is 0 Å². The van der Waals surface area contributed by atoms with Crippen molar-refractivity contribution in [2.75, 3.05) is 13.1 Å². The molecule has 3 atom stereocenters. The lowest BCUT2D eigenvalue weighted by Gasteiger charge is -2.34. The highest BCUT2D eigenvalue weighted by atomic mass is 35.5. The normalized spacial score (nSPS) is 22.9. The highest BCUT2D eigenvalue weighted by Crippen LogP contribution is 2.51. The molecule has 0 spiro atoms. The molecule has 1 aromatic carbocycles. The summed E-state index contributed by atoms with van der Waals surface area (Å²) in [7, 11) is 0. The van der Waals surface area contributed by atoms with E-state index in [1.54, 1.807) is 18.7 Å². The van der Waals surface area contributed by atoms with Gasteiger partial charge in [-0.3, -0.25) is 9.69 Å². The lowest BCUT2D eigenvalue weighted by molar-refractivity contribution is -0.136. The monoisotopic (exact) mass is 421 g/mol. The number of rotatable bonds is 5. The fourth-order valence-electron chi connectivity index (χ4n) is 3.63. The molecule has 3 unspecified atom stereocenters. The number of halogens is 1. The first-order chi connectivity index (χ1) is 13.0. The van der Waals surface area contributed by atoms with E-state index in [0.29, 0.717) is 21.5 Å². The number of carboxylic acids is 1. The average Bonchev–Trinajstić information content (AvgIpc) is 3.00. The third-order valence-corrected chi connectivity index (χ3v) is 7.55. The molecule has 0 amide bonds. The number of carboxylic acid groups (broad SMARTS) is 1. The highest BCUT2D eigenvalue weighted by molar-refractivity contribution is 8.01. The number of benzene rings is 1. The number of piperidine rings is 1. The molecule has 0 radical (unpaired) electrons. The van der Waals surface area contributed by atoms with E-state index in [-0.39, 0.29) is 0 Å². The van der Waals surface area contributed by atoms with Crippen LogP contribution in [0.15, 0.2) is 40.5 Å². The zero-order chi connectivity index (χ0) is 19.0. The lowest BCUT2D eigenvalue weighted by atomic mass is 9.91. The Bertz CT molecular complexity index is 852. The first-order valence-corrected chi connectivity index (χ1v) is 11.0. The summed E-state index contributed by atoms with van der Waals surface area (Å²) in [6, 6.07) is 10.5. The van der Waals surface area contributed by atoms with Crippen molar-refractivity contribution in [2.45, 2.75) is 46.5 Å². The molecule has 1 aromatic heterocycles. The largest absolute Gasteiger partial charge is 0.480 e. The van der Waals surface area contributed by atoms with Crippen LogP contribution in [0.25, 0.3) is 0 Å². The molecular weight excluding hydrogens is 402 g/mol. The predicted molar refractivity (Wildman–Crippen MR) is 109 cm³/mol. The molecule has 0 saturated carbocycles. The minimum absolute atomic E-state index is 0.375. The molecule has 1 saturated heterocycles. The van der Waals surface area contributed by atoms with E-state index in [1.807, 2.05) is 6.07 Å². The van der Waals surface area contributed by atoms with Crippen LogP contribution in [0.4, 0.5) is 0 Å². The van der Waals surface area contributed by atoms with E-state index in [9.17, 15) is 4.79 Å². The molecule has 27 heavy (non-hydrogen) atoms. The SMILES string of the molecule is CC(Sc1nc(Cl)c2c(n1)SC1CN(Cc3ccccc3)CCC21)C(=O)O. The Morgan fingerprint density at radius 3 is 2.93 bits per heavy atom. The minimum atomic E-state index is -0.877. The molecule has 142 valence electrons. The van der Waals surface area contributed by atoms with Crippen LogP contribution in [0.1, 0.15) is 30.4 Å². The van der Waals surface area contributed by atoms with Gasteiger partial charge >= 0.3 is 5.97 Å². The quantitative estimate of drug-likeness (QED) is 0.441. The summed E-state index contributed by atoms with van der Waals surface area (Å²) < 4.78 is 0. The fourth-order valence-corrected chi connectivity index (χ4v) is 6.33. The molecule has 2 aromatic rings. The maximum atomic E-state index is 11.1. The van der Waals surface area contributed by atoms with E-state index < -0.39 is 11.2 Å². The lowest BCUT2D eigenvalue weighted by Crippen LogP contribution is -2.39. The van der Waals surface area contributed by atoms with Crippen molar-refractivity contribution < 1.29 is 9.90 Å². The number of hydrogen-bond donors (Lipinski definition) is 1. The second kappa shape index (κ2) is 7.99. The number of fused-ring (bicyclic) bond motifs is 3. The predicted octanol–water partition coefficient (Wildman–Crippen LogP) is 4.16. The number of hydrogen-bond acceptors (Lipinski definition) is 6. The van der Waals surface area contributed by atoms with Gasteiger partial charge in [-0.05, 0) is 25.5 Å². The molecule has 3 heterocycles. The summed E-state index contributed by atoms with van der Waals surface area (Å²) in [4.78, 5) is 22.6. The molecule has 0 bridgehead atoms. The van der Waals surface area contributed by atoms with Crippen molar-refractivity contribution in [1.29, 1.82) is 0 Å². The molecule has 1 N–H and O–H groups in total. The van der Waals surface area contributed by atoms with E-state index >= 15 is 0 Å². The number of aromatic nitrogens is 2. The Kier molecular flexibility index (Phi) is 5.64. The van der Waals surface area contributed by atoms with Gasteiger partial charge in [0.15, 0.2) is 5.16 Å². The number of carbonyl (C=O) groups is 1. The van der Waals surface area contributed by atoms with Gasteiger partial charge in [0.1, 0.15) is 15.4 Å². The summed E-state index contributed by atoms with van der Waals surface area (Å²) in [5.74, 6) is -0.501. The van der Waals surface area contributed by atoms with Crippen molar-refractivity contribution in [1.82, 2.24) is 14.9 Å². The molecule has 1 fully saturated rings. The fraction of sp³-hybridized carbons (Fsp3) is 0.421. The molecule has 2 aliphatic heterocycles. The topological polar surface area (TPSA) is 66.3 Å². The molecule has 2 aliphatic rings. The third-order valence-electron chi connectivity index (χ3n) is 5.00. The van der Waals surface area contributed by atoms with Crippen molar-refractivity contribution >= 4 is 41.1 Å². The van der Waals surface area contributed by atoms with Gasteiger partial charge in [-0.1, -0.05) is 53.7 Å². The zero-order valence-corrected chi connectivity index (χ0v) is 17.2. The number of nitrogens with zero attached hydrogens (tertiary/aromatic N) is 3. The Labute approximate surface area is 171 Å². The van der Waals surface area contributed by atoms with Gasteiger partial charge in [-0.25, -0.2) is 9.97 Å². The third kappa shape index (κ3) is 4.11. The van der Waals surface area contributed by atoms with Crippen molar-refractivity contribution in [3.8, 4) is 0 Å². The number of aliphatic carboxylic acids is 1. The molecule has 5 nitrogen and oxygen atoms in total. The standard InChI is InChI=1S/C19H20ClN3O2S2/c1-11(18(24)25)26-19-21-16(20)15-13-7-8-23(9-12-5-3-2-4-6-12)10-14(13)27-17(15)22-19/h2-6,11,13-14H,7-10H2,1H3,(H,24,25). The maximum absolute atomic E-state index is 11.1. The van der Waals surface area contributed by atoms with Crippen molar-refractivity contribution in [3.05, 3.63) is 46.6 Å². The van der Waals surface area contributed by atoms with E-state index in [2.05, 4.69) is 39.1 Å². The summed E-state index contributed by atoms with van der Waals surface area (Å²) in [6.45, 7) is 4.60. The average molecular weight is 422 g/mol. The number of thioether (sulfide) groups is 2. The van der Waals surface area contributed by atoms with Crippen LogP contribution >= 0.6 is 35.1 Å². The van der Waals surface area contributed by atoms with E-state index in [4.69, 9.17) is 16.7 Å². The van der Waals surface area contributed by atoms with Crippen LogP contribution in [0.2, 0.25) is 5.15 Å². The Morgan fingerprint density at radius 2 is 2.19 bits per heavy atom. The second-order valence-corrected chi connectivity index (χ2v) is 9.78. The summed E-state index contributed by atoms with van der Waals surface area (Å²) in [5, 5.41) is 10.8. The van der Waals surface area contributed by atoms with Crippen molar-refractivity contribution in [2.24, 2.45) is 0 Å². The van der Waals surface area contributed by atoms with Gasteiger partial charge in [0.2, 0.25) is 0 Å². The molecule has 8 heteroatoms. The van der Waals surface area contributed by atoms with Crippen LogP contribution in [0, 0.1) is 0 Å². The Morgan fingerprint density at radius 1 is 1.41 bits per heavy atom. The summed E-state index contributed by atoms with van der Waals surface area (Å²) in [6.07, 6.45) is 1.04. The smallest absolute Gasteiger partial charge is 0.316 e. The van der Waals surface area contributed by atoms with Gasteiger partial charge in [0, 0.05) is 29.8 Å². The maximum Gasteiger partial charge on any atom is 0.316 e. The van der Waals surface area contributed by atoms with Gasteiger partial charge in [-0.15, -0.1) is 11.8 Å². The number of likely N-dealkylation sites (tertiary alicyclic amines) is 1. The Hall–Kier alpha value is -1.28. The zero-order valence-electron chi connectivity index (χ0n) is 14.8. The second-order valence-electron chi connectivity index (χ2n) is 6.89. The van der Waals surface area contributed by atoms with Gasteiger partial charge in [0.25, 0.3) is 0 Å². The minimum Gasteiger partial charge on any atom is -0.480 e. The van der Waals surface area contributed by atoms with Crippen LogP contribution in [-0.2, 0) is 11.3 Å².